The molecule has 0 radical (unpaired) electrons. The average molecular weight is 261 g/mol. The molecule has 2 heterocycles. The fourth-order valence-electron chi connectivity index (χ4n) is 1.56. The van der Waals surface area contributed by atoms with Gasteiger partial charge in [0.05, 0.1) is 12.2 Å². The second-order valence-electron chi connectivity index (χ2n) is 4.30. The molecule has 0 atom stereocenters. The lowest BCUT2D eigenvalue weighted by atomic mass is 10.4. The number of rotatable bonds is 6. The Morgan fingerprint density at radius 3 is 2.74 bits per heavy atom. The molecule has 0 fully saturated rings. The first kappa shape index (κ1) is 13.3. The highest BCUT2D eigenvalue weighted by Gasteiger charge is 2.05. The van der Waals surface area contributed by atoms with E-state index in [2.05, 4.69) is 32.5 Å². The molecule has 0 aromatic carbocycles. The van der Waals surface area contributed by atoms with Crippen molar-refractivity contribution in [2.45, 2.75) is 33.7 Å². The third-order valence-corrected chi connectivity index (χ3v) is 2.68. The van der Waals surface area contributed by atoms with E-state index in [9.17, 15) is 0 Å². The molecule has 2 aromatic rings. The highest BCUT2D eigenvalue weighted by Crippen LogP contribution is 2.11. The number of aryl methyl sites for hydroxylation is 2. The molecule has 6 heteroatoms. The molecule has 0 aliphatic heterocycles. The van der Waals surface area contributed by atoms with Crippen LogP contribution in [0.25, 0.3) is 0 Å². The lowest BCUT2D eigenvalue weighted by Gasteiger charge is -2.06. The molecule has 0 spiro atoms. The van der Waals surface area contributed by atoms with Gasteiger partial charge in [0, 0.05) is 12.7 Å². The maximum absolute atomic E-state index is 5.50. The molecule has 0 unspecified atom stereocenters. The minimum atomic E-state index is 0.513. The van der Waals surface area contributed by atoms with E-state index in [1.807, 2.05) is 19.9 Å². The van der Waals surface area contributed by atoms with Gasteiger partial charge in [-0.3, -0.25) is 0 Å². The summed E-state index contributed by atoms with van der Waals surface area (Å²) < 4.78 is 5.50. The molecule has 2 N–H and O–H groups in total. The Balaban J connectivity index is 1.95. The Kier molecular flexibility index (Phi) is 4.33. The molecular weight excluding hydrogens is 242 g/mol. The smallest absolute Gasteiger partial charge is 0.224 e. The van der Waals surface area contributed by atoms with E-state index < -0.39 is 0 Å². The first-order valence-electron chi connectivity index (χ1n) is 6.42. The van der Waals surface area contributed by atoms with E-state index in [1.54, 1.807) is 6.20 Å². The van der Waals surface area contributed by atoms with Gasteiger partial charge in [0.1, 0.15) is 11.6 Å². The third kappa shape index (κ3) is 3.67. The van der Waals surface area contributed by atoms with Gasteiger partial charge in [0.2, 0.25) is 11.8 Å². The monoisotopic (exact) mass is 261 g/mol. The zero-order chi connectivity index (χ0) is 13.7. The van der Waals surface area contributed by atoms with Crippen molar-refractivity contribution in [3.05, 3.63) is 29.6 Å². The zero-order valence-electron chi connectivity index (χ0n) is 11.5. The predicted molar refractivity (Wildman–Crippen MR) is 74.1 cm³/mol. The maximum atomic E-state index is 5.50. The van der Waals surface area contributed by atoms with Gasteiger partial charge in [0.25, 0.3) is 0 Å². The second-order valence-corrected chi connectivity index (χ2v) is 4.30. The summed E-state index contributed by atoms with van der Waals surface area (Å²) in [6.07, 6.45) is 2.76. The summed E-state index contributed by atoms with van der Waals surface area (Å²) in [4.78, 5) is 12.8. The lowest BCUT2D eigenvalue weighted by molar-refractivity contribution is 0.478. The molecule has 6 nitrogen and oxygen atoms in total. The number of hydrogen-bond acceptors (Lipinski definition) is 6. The largest absolute Gasteiger partial charge is 0.444 e. The van der Waals surface area contributed by atoms with Crippen LogP contribution in [0.15, 0.2) is 16.7 Å². The summed E-state index contributed by atoms with van der Waals surface area (Å²) in [6.45, 7) is 7.31. The highest BCUT2D eigenvalue weighted by atomic mass is 16.4. The SMILES string of the molecule is CCCNc1nccc(NCc2nc(C)c(C)o2)n1. The molecule has 2 aromatic heterocycles. The predicted octanol–water partition coefficient (Wildman–Crippen LogP) is 2.52. The Morgan fingerprint density at radius 2 is 2.05 bits per heavy atom. The van der Waals surface area contributed by atoms with Gasteiger partial charge in [-0.1, -0.05) is 6.92 Å². The normalized spacial score (nSPS) is 10.5. The summed E-state index contributed by atoms with van der Waals surface area (Å²) in [7, 11) is 0. The van der Waals surface area contributed by atoms with Crippen molar-refractivity contribution in [1.82, 2.24) is 15.0 Å². The van der Waals surface area contributed by atoms with Crippen LogP contribution in [0, 0.1) is 13.8 Å². The van der Waals surface area contributed by atoms with E-state index in [1.165, 1.54) is 0 Å². The maximum Gasteiger partial charge on any atom is 0.224 e. The van der Waals surface area contributed by atoms with Crippen LogP contribution in [-0.4, -0.2) is 21.5 Å². The summed E-state index contributed by atoms with van der Waals surface area (Å²) >= 11 is 0. The number of anilines is 2. The minimum Gasteiger partial charge on any atom is -0.444 e. The number of nitrogens with zero attached hydrogens (tertiary/aromatic N) is 3. The minimum absolute atomic E-state index is 0.513. The fourth-order valence-corrected chi connectivity index (χ4v) is 1.56. The number of hydrogen-bond donors (Lipinski definition) is 2. The first-order valence-corrected chi connectivity index (χ1v) is 6.42. The Hall–Kier alpha value is -2.11. The van der Waals surface area contributed by atoms with Gasteiger partial charge in [-0.05, 0) is 26.3 Å². The van der Waals surface area contributed by atoms with Crippen LogP contribution in [-0.2, 0) is 6.54 Å². The summed E-state index contributed by atoms with van der Waals surface area (Å²) in [5.74, 6) is 2.90. The van der Waals surface area contributed by atoms with Crippen molar-refractivity contribution in [1.29, 1.82) is 0 Å². The van der Waals surface area contributed by atoms with Crippen molar-refractivity contribution in [3.8, 4) is 0 Å². The van der Waals surface area contributed by atoms with Crippen LogP contribution in [0.4, 0.5) is 11.8 Å². The molecule has 2 rings (SSSR count). The Labute approximate surface area is 112 Å². The van der Waals surface area contributed by atoms with Gasteiger partial charge in [-0.2, -0.15) is 4.98 Å². The molecule has 0 aliphatic rings. The van der Waals surface area contributed by atoms with E-state index in [4.69, 9.17) is 4.42 Å². The van der Waals surface area contributed by atoms with E-state index in [0.717, 1.165) is 30.2 Å². The van der Waals surface area contributed by atoms with Gasteiger partial charge in [-0.15, -0.1) is 0 Å². The van der Waals surface area contributed by atoms with Gasteiger partial charge in [-0.25, -0.2) is 9.97 Å². The van der Waals surface area contributed by atoms with Crippen molar-refractivity contribution < 1.29 is 4.42 Å². The van der Waals surface area contributed by atoms with Gasteiger partial charge in [0.15, 0.2) is 0 Å². The summed E-state index contributed by atoms with van der Waals surface area (Å²) in [5.41, 5.74) is 0.921. The Morgan fingerprint density at radius 1 is 1.21 bits per heavy atom. The molecule has 0 saturated heterocycles. The molecule has 0 bridgehead atoms. The van der Waals surface area contributed by atoms with E-state index >= 15 is 0 Å². The van der Waals surface area contributed by atoms with Crippen LogP contribution in [0.3, 0.4) is 0 Å². The molecule has 0 amide bonds. The van der Waals surface area contributed by atoms with Crippen LogP contribution < -0.4 is 10.6 Å². The molecule has 0 saturated carbocycles. The van der Waals surface area contributed by atoms with Gasteiger partial charge >= 0.3 is 0 Å². The van der Waals surface area contributed by atoms with Gasteiger partial charge < -0.3 is 15.1 Å². The third-order valence-electron chi connectivity index (χ3n) is 2.68. The topological polar surface area (TPSA) is 75.9 Å². The summed E-state index contributed by atoms with van der Waals surface area (Å²) in [5, 5.41) is 6.32. The Bertz CT molecular complexity index is 518. The van der Waals surface area contributed by atoms with Crippen molar-refractivity contribution >= 4 is 11.8 Å². The first-order chi connectivity index (χ1) is 9.19. The molecule has 19 heavy (non-hydrogen) atoms. The number of nitrogens with one attached hydrogen (secondary N) is 2. The number of aromatic nitrogens is 3. The second kappa shape index (κ2) is 6.17. The summed E-state index contributed by atoms with van der Waals surface area (Å²) in [6, 6.07) is 1.82. The van der Waals surface area contributed by atoms with Crippen molar-refractivity contribution in [2.75, 3.05) is 17.2 Å². The fraction of sp³-hybridized carbons (Fsp3) is 0.462. The van der Waals surface area contributed by atoms with Crippen molar-refractivity contribution in [3.63, 3.8) is 0 Å². The molecular formula is C13H19N5O. The average Bonchev–Trinajstić information content (AvgIpc) is 2.74. The lowest BCUT2D eigenvalue weighted by Crippen LogP contribution is -2.07. The van der Waals surface area contributed by atoms with E-state index in [-0.39, 0.29) is 0 Å². The molecule has 102 valence electrons. The standard InChI is InChI=1S/C13H19N5O/c1-4-6-14-13-15-7-5-11(18-13)16-8-12-17-9(2)10(3)19-12/h5,7H,4,6,8H2,1-3H3,(H2,14,15,16,18). The van der Waals surface area contributed by atoms with E-state index in [0.29, 0.717) is 18.4 Å². The highest BCUT2D eigenvalue weighted by molar-refractivity contribution is 5.39. The zero-order valence-corrected chi connectivity index (χ0v) is 11.5. The van der Waals surface area contributed by atoms with Crippen LogP contribution in [0.5, 0.6) is 0 Å². The number of oxazole rings is 1. The quantitative estimate of drug-likeness (QED) is 0.832. The van der Waals surface area contributed by atoms with Crippen LogP contribution in [0.2, 0.25) is 0 Å². The van der Waals surface area contributed by atoms with Crippen LogP contribution >= 0.6 is 0 Å². The molecule has 0 aliphatic carbocycles. The van der Waals surface area contributed by atoms with Crippen LogP contribution in [0.1, 0.15) is 30.7 Å². The van der Waals surface area contributed by atoms with Crippen molar-refractivity contribution in [2.24, 2.45) is 0 Å².